The number of hydrogen-bond donors (Lipinski definition) is 1. The molecule has 0 aliphatic heterocycles. The van der Waals surface area contributed by atoms with Gasteiger partial charge in [0.1, 0.15) is 0 Å². The van der Waals surface area contributed by atoms with Gasteiger partial charge in [-0.2, -0.15) is 0 Å². The molecular weight excluding hydrogens is 424 g/mol. The fraction of sp³-hybridized carbons (Fsp3) is 1.00. The number of aliphatic hydroxyl groups is 1. The Bertz CT molecular complexity index is 687. The first-order chi connectivity index (χ1) is 15.4. The standard InChI is InChI=1S/C29H54O3Si/c1-9-29-17-15-23-22-14-16-28(30,19-31-6)18-21(22)10-11-24(23)26(29)13-12-25(29)20(2)32-33(7,8)27(3,4)5/h20-26,30H,9-19H2,1-8H3/t20-,21+,22-,23+,24+,25+,26-,28?,29+/m0/s1. The van der Waals surface area contributed by atoms with Gasteiger partial charge in [0, 0.05) is 13.2 Å². The Balaban J connectivity index is 1.49. The Kier molecular flexibility index (Phi) is 7.29. The molecule has 0 spiro atoms. The molecule has 0 heterocycles. The zero-order chi connectivity index (χ0) is 24.2. The molecule has 4 saturated carbocycles. The van der Waals surface area contributed by atoms with Gasteiger partial charge in [-0.05, 0) is 130 Å². The fourth-order valence-electron chi connectivity index (χ4n) is 9.34. The van der Waals surface area contributed by atoms with Gasteiger partial charge < -0.3 is 14.3 Å². The van der Waals surface area contributed by atoms with Crippen LogP contribution in [0.4, 0.5) is 0 Å². The molecule has 0 radical (unpaired) electrons. The van der Waals surface area contributed by atoms with E-state index in [0.29, 0.717) is 24.0 Å². The number of rotatable bonds is 6. The lowest BCUT2D eigenvalue weighted by Gasteiger charge is -2.58. The summed E-state index contributed by atoms with van der Waals surface area (Å²) in [6.45, 7) is 17.4. The van der Waals surface area contributed by atoms with E-state index in [1.807, 2.05) is 0 Å². The Labute approximate surface area is 205 Å². The summed E-state index contributed by atoms with van der Waals surface area (Å²) in [6, 6.07) is 0. The lowest BCUT2D eigenvalue weighted by atomic mass is 9.48. The fourth-order valence-corrected chi connectivity index (χ4v) is 10.8. The molecule has 1 N–H and O–H groups in total. The van der Waals surface area contributed by atoms with Crippen LogP contribution in [0.2, 0.25) is 18.1 Å². The Morgan fingerprint density at radius 1 is 0.970 bits per heavy atom. The first-order valence-electron chi connectivity index (χ1n) is 14.3. The van der Waals surface area contributed by atoms with Crippen LogP contribution in [0, 0.1) is 40.9 Å². The van der Waals surface area contributed by atoms with Crippen molar-refractivity contribution in [3.05, 3.63) is 0 Å². The Morgan fingerprint density at radius 3 is 2.30 bits per heavy atom. The van der Waals surface area contributed by atoms with Gasteiger partial charge in [-0.15, -0.1) is 0 Å². The van der Waals surface area contributed by atoms with Crippen molar-refractivity contribution in [1.82, 2.24) is 0 Å². The zero-order valence-corrected chi connectivity index (χ0v) is 24.1. The molecule has 0 saturated heterocycles. The van der Waals surface area contributed by atoms with Crippen LogP contribution >= 0.6 is 0 Å². The average Bonchev–Trinajstić information content (AvgIpc) is 3.12. The van der Waals surface area contributed by atoms with Crippen molar-refractivity contribution >= 4 is 8.32 Å². The summed E-state index contributed by atoms with van der Waals surface area (Å²) in [5.74, 6) is 5.01. The van der Waals surface area contributed by atoms with Crippen molar-refractivity contribution in [2.24, 2.45) is 40.9 Å². The van der Waals surface area contributed by atoms with E-state index in [4.69, 9.17) is 9.16 Å². The summed E-state index contributed by atoms with van der Waals surface area (Å²) in [4.78, 5) is 0. The molecule has 0 aromatic heterocycles. The normalized spacial score (nSPS) is 44.6. The largest absolute Gasteiger partial charge is 0.414 e. The van der Waals surface area contributed by atoms with Crippen LogP contribution in [-0.4, -0.2) is 38.8 Å². The molecule has 4 fully saturated rings. The molecule has 0 aromatic carbocycles. The van der Waals surface area contributed by atoms with E-state index in [0.717, 1.165) is 42.4 Å². The highest BCUT2D eigenvalue weighted by atomic mass is 28.4. The molecular formula is C29H54O3Si. The molecule has 0 bridgehead atoms. The van der Waals surface area contributed by atoms with Crippen molar-refractivity contribution in [3.63, 3.8) is 0 Å². The lowest BCUT2D eigenvalue weighted by Crippen LogP contribution is -2.54. The van der Waals surface area contributed by atoms with Gasteiger partial charge in [-0.25, -0.2) is 0 Å². The molecule has 4 rings (SSSR count). The monoisotopic (exact) mass is 478 g/mol. The summed E-state index contributed by atoms with van der Waals surface area (Å²) in [5.41, 5.74) is -0.0686. The first-order valence-corrected chi connectivity index (χ1v) is 17.2. The third-order valence-electron chi connectivity index (χ3n) is 11.8. The summed E-state index contributed by atoms with van der Waals surface area (Å²) in [6.07, 6.45) is 13.2. The summed E-state index contributed by atoms with van der Waals surface area (Å²) in [5, 5.41) is 11.3. The molecule has 3 nitrogen and oxygen atoms in total. The summed E-state index contributed by atoms with van der Waals surface area (Å²) >= 11 is 0. The molecule has 4 aliphatic carbocycles. The molecule has 0 aromatic rings. The minimum absolute atomic E-state index is 0.278. The maximum atomic E-state index is 11.0. The van der Waals surface area contributed by atoms with E-state index in [2.05, 4.69) is 47.7 Å². The van der Waals surface area contributed by atoms with Crippen LogP contribution < -0.4 is 0 Å². The van der Waals surface area contributed by atoms with Gasteiger partial charge in [-0.3, -0.25) is 0 Å². The second-order valence-electron chi connectivity index (χ2n) is 14.2. The van der Waals surface area contributed by atoms with Gasteiger partial charge in [-0.1, -0.05) is 27.7 Å². The second kappa shape index (κ2) is 9.20. The van der Waals surface area contributed by atoms with Crippen LogP contribution in [0.25, 0.3) is 0 Å². The maximum absolute atomic E-state index is 11.0. The molecule has 1 unspecified atom stereocenters. The van der Waals surface area contributed by atoms with E-state index >= 15 is 0 Å². The number of hydrogen-bond acceptors (Lipinski definition) is 3. The Hall–Kier alpha value is 0.0969. The van der Waals surface area contributed by atoms with Gasteiger partial charge in [0.25, 0.3) is 0 Å². The van der Waals surface area contributed by atoms with Gasteiger partial charge in [0.2, 0.25) is 0 Å². The number of methoxy groups -OCH3 is 1. The molecule has 9 atom stereocenters. The maximum Gasteiger partial charge on any atom is 0.192 e. The SMILES string of the molecule is CC[C@]12CC[C@H]3[C@@H](CC[C@@H]4CC(O)(COC)CC[C@@H]43)[C@@H]1CC[C@@H]2[C@H](C)O[Si](C)(C)C(C)(C)C. The third kappa shape index (κ3) is 4.53. The molecule has 192 valence electrons. The summed E-state index contributed by atoms with van der Waals surface area (Å²) < 4.78 is 12.4. The second-order valence-corrected chi connectivity index (χ2v) is 19.0. The van der Waals surface area contributed by atoms with Gasteiger partial charge in [0.15, 0.2) is 8.32 Å². The highest BCUT2D eigenvalue weighted by Crippen LogP contribution is 2.66. The van der Waals surface area contributed by atoms with Gasteiger partial charge in [0.05, 0.1) is 12.2 Å². The van der Waals surface area contributed by atoms with Crippen molar-refractivity contribution in [1.29, 1.82) is 0 Å². The predicted molar refractivity (Wildman–Crippen MR) is 140 cm³/mol. The third-order valence-corrected chi connectivity index (χ3v) is 16.4. The topological polar surface area (TPSA) is 38.7 Å². The van der Waals surface area contributed by atoms with Crippen LogP contribution in [0.5, 0.6) is 0 Å². The Morgan fingerprint density at radius 2 is 1.67 bits per heavy atom. The van der Waals surface area contributed by atoms with Crippen LogP contribution in [0.1, 0.15) is 98.8 Å². The van der Waals surface area contributed by atoms with E-state index in [9.17, 15) is 5.11 Å². The van der Waals surface area contributed by atoms with E-state index < -0.39 is 13.9 Å². The smallest absolute Gasteiger partial charge is 0.192 e. The molecule has 0 amide bonds. The summed E-state index contributed by atoms with van der Waals surface area (Å²) in [7, 11) is -0.0152. The quantitative estimate of drug-likeness (QED) is 0.403. The lowest BCUT2D eigenvalue weighted by molar-refractivity contribution is -0.130. The van der Waals surface area contributed by atoms with Crippen molar-refractivity contribution < 1.29 is 14.3 Å². The number of fused-ring (bicyclic) bond motifs is 5. The zero-order valence-electron chi connectivity index (χ0n) is 23.1. The van der Waals surface area contributed by atoms with Crippen molar-refractivity contribution in [2.75, 3.05) is 13.7 Å². The van der Waals surface area contributed by atoms with Crippen LogP contribution in [0.3, 0.4) is 0 Å². The molecule has 4 heteroatoms. The van der Waals surface area contributed by atoms with Crippen LogP contribution in [-0.2, 0) is 9.16 Å². The minimum Gasteiger partial charge on any atom is -0.414 e. The average molecular weight is 479 g/mol. The number of ether oxygens (including phenoxy) is 1. The van der Waals surface area contributed by atoms with Crippen LogP contribution in [0.15, 0.2) is 0 Å². The molecule has 4 aliphatic rings. The van der Waals surface area contributed by atoms with E-state index in [1.165, 1.54) is 51.4 Å². The highest BCUT2D eigenvalue weighted by Gasteiger charge is 2.60. The predicted octanol–water partition coefficient (Wildman–Crippen LogP) is 7.43. The van der Waals surface area contributed by atoms with Crippen molar-refractivity contribution in [3.8, 4) is 0 Å². The van der Waals surface area contributed by atoms with Gasteiger partial charge >= 0.3 is 0 Å². The van der Waals surface area contributed by atoms with E-state index in [1.54, 1.807) is 7.11 Å². The highest BCUT2D eigenvalue weighted by molar-refractivity contribution is 6.74. The minimum atomic E-state index is -1.75. The van der Waals surface area contributed by atoms with E-state index in [-0.39, 0.29) is 5.04 Å². The molecule has 33 heavy (non-hydrogen) atoms. The van der Waals surface area contributed by atoms with Crippen molar-refractivity contribution in [2.45, 2.75) is 129 Å². The first kappa shape index (κ1) is 26.2.